The van der Waals surface area contributed by atoms with Crippen LogP contribution in [0.1, 0.15) is 11.1 Å². The van der Waals surface area contributed by atoms with E-state index in [-0.39, 0.29) is 12.6 Å². The summed E-state index contributed by atoms with van der Waals surface area (Å²) in [6.45, 7) is 2.76. The fourth-order valence-electron chi connectivity index (χ4n) is 1.92. The van der Waals surface area contributed by atoms with Crippen LogP contribution in [0.5, 0.6) is 0 Å². The number of hydrogen-bond donors (Lipinski definition) is 2. The third-order valence-electron chi connectivity index (χ3n) is 2.63. The standard InChI is InChI=1S/C11H16N2O/c12-11(8-14)7-13-5-9-3-1-2-4-10(9)6-13/h1-4,11,14H,5-8,12H2. The van der Waals surface area contributed by atoms with Crippen LogP contribution in [0.3, 0.4) is 0 Å². The number of aliphatic hydroxyl groups excluding tert-OH is 1. The first kappa shape index (κ1) is 9.65. The lowest BCUT2D eigenvalue weighted by molar-refractivity contribution is 0.203. The van der Waals surface area contributed by atoms with Gasteiger partial charge in [-0.1, -0.05) is 24.3 Å². The van der Waals surface area contributed by atoms with Gasteiger partial charge in [-0.3, -0.25) is 4.90 Å². The second kappa shape index (κ2) is 4.09. The maximum Gasteiger partial charge on any atom is 0.0595 e. The summed E-state index contributed by atoms with van der Waals surface area (Å²) in [6, 6.07) is 8.31. The summed E-state index contributed by atoms with van der Waals surface area (Å²) in [4.78, 5) is 2.27. The van der Waals surface area contributed by atoms with Crippen molar-refractivity contribution in [1.82, 2.24) is 4.90 Å². The zero-order valence-corrected chi connectivity index (χ0v) is 8.19. The van der Waals surface area contributed by atoms with Gasteiger partial charge in [0.25, 0.3) is 0 Å². The molecule has 1 aromatic carbocycles. The van der Waals surface area contributed by atoms with E-state index in [1.165, 1.54) is 11.1 Å². The van der Waals surface area contributed by atoms with Crippen molar-refractivity contribution in [3.8, 4) is 0 Å². The van der Waals surface area contributed by atoms with Gasteiger partial charge in [0.15, 0.2) is 0 Å². The van der Waals surface area contributed by atoms with E-state index < -0.39 is 0 Å². The molecule has 0 aliphatic carbocycles. The lowest BCUT2D eigenvalue weighted by atomic mass is 10.1. The summed E-state index contributed by atoms with van der Waals surface area (Å²) in [5, 5.41) is 8.86. The van der Waals surface area contributed by atoms with Crippen molar-refractivity contribution in [3.05, 3.63) is 35.4 Å². The molecule has 1 aliphatic heterocycles. The Morgan fingerprint density at radius 3 is 2.36 bits per heavy atom. The van der Waals surface area contributed by atoms with Crippen molar-refractivity contribution in [2.45, 2.75) is 19.1 Å². The largest absolute Gasteiger partial charge is 0.395 e. The van der Waals surface area contributed by atoms with Gasteiger partial charge in [-0.05, 0) is 11.1 Å². The first-order valence-corrected chi connectivity index (χ1v) is 4.95. The molecular formula is C11H16N2O. The summed E-state index contributed by atoms with van der Waals surface area (Å²) in [5.41, 5.74) is 8.47. The topological polar surface area (TPSA) is 49.5 Å². The quantitative estimate of drug-likeness (QED) is 0.725. The normalized spacial score (nSPS) is 18.1. The van der Waals surface area contributed by atoms with Crippen molar-refractivity contribution in [1.29, 1.82) is 0 Å². The molecule has 1 aromatic rings. The highest BCUT2D eigenvalue weighted by atomic mass is 16.3. The third-order valence-corrected chi connectivity index (χ3v) is 2.63. The maximum atomic E-state index is 8.86. The number of nitrogens with zero attached hydrogens (tertiary/aromatic N) is 1. The monoisotopic (exact) mass is 192 g/mol. The van der Waals surface area contributed by atoms with Crippen molar-refractivity contribution in [2.24, 2.45) is 5.73 Å². The van der Waals surface area contributed by atoms with Crippen LogP contribution in [-0.4, -0.2) is 29.2 Å². The Balaban J connectivity index is 1.98. The average Bonchev–Trinajstić information content (AvgIpc) is 2.59. The third kappa shape index (κ3) is 1.95. The molecule has 3 nitrogen and oxygen atoms in total. The van der Waals surface area contributed by atoms with Crippen LogP contribution < -0.4 is 5.73 Å². The lowest BCUT2D eigenvalue weighted by Crippen LogP contribution is -2.37. The van der Waals surface area contributed by atoms with Gasteiger partial charge in [-0.25, -0.2) is 0 Å². The summed E-state index contributed by atoms with van der Waals surface area (Å²) in [5.74, 6) is 0. The van der Waals surface area contributed by atoms with E-state index in [2.05, 4.69) is 29.2 Å². The van der Waals surface area contributed by atoms with Crippen LogP contribution in [-0.2, 0) is 13.1 Å². The molecule has 0 saturated carbocycles. The Hall–Kier alpha value is -0.900. The van der Waals surface area contributed by atoms with Crippen molar-refractivity contribution in [2.75, 3.05) is 13.2 Å². The zero-order chi connectivity index (χ0) is 9.97. The van der Waals surface area contributed by atoms with E-state index in [1.807, 2.05) is 0 Å². The molecule has 0 saturated heterocycles. The molecule has 1 heterocycles. The van der Waals surface area contributed by atoms with E-state index >= 15 is 0 Å². The molecule has 76 valence electrons. The molecule has 3 N–H and O–H groups in total. The SMILES string of the molecule is NC(CO)CN1Cc2ccccc2C1. The minimum Gasteiger partial charge on any atom is -0.395 e. The molecule has 0 radical (unpaired) electrons. The van der Waals surface area contributed by atoms with Gasteiger partial charge in [0, 0.05) is 25.7 Å². The van der Waals surface area contributed by atoms with Crippen LogP contribution in [0.2, 0.25) is 0 Å². The number of benzene rings is 1. The lowest BCUT2D eigenvalue weighted by Gasteiger charge is -2.18. The first-order valence-electron chi connectivity index (χ1n) is 4.95. The molecular weight excluding hydrogens is 176 g/mol. The van der Waals surface area contributed by atoms with Crippen LogP contribution >= 0.6 is 0 Å². The van der Waals surface area contributed by atoms with Crippen LogP contribution in [0.15, 0.2) is 24.3 Å². The van der Waals surface area contributed by atoms with E-state index in [1.54, 1.807) is 0 Å². The molecule has 3 heteroatoms. The Morgan fingerprint density at radius 1 is 1.29 bits per heavy atom. The minimum atomic E-state index is -0.121. The fourth-order valence-corrected chi connectivity index (χ4v) is 1.92. The van der Waals surface area contributed by atoms with Gasteiger partial charge in [0.1, 0.15) is 0 Å². The van der Waals surface area contributed by atoms with E-state index in [0.29, 0.717) is 0 Å². The van der Waals surface area contributed by atoms with Crippen LogP contribution in [0, 0.1) is 0 Å². The maximum absolute atomic E-state index is 8.86. The summed E-state index contributed by atoms with van der Waals surface area (Å²) < 4.78 is 0. The molecule has 1 atom stereocenters. The van der Waals surface area contributed by atoms with Crippen molar-refractivity contribution >= 4 is 0 Å². The predicted octanol–water partition coefficient (Wildman–Crippen LogP) is 0.322. The molecule has 0 amide bonds. The molecule has 1 aliphatic rings. The number of nitrogens with two attached hydrogens (primary N) is 1. The number of fused-ring (bicyclic) bond motifs is 1. The second-order valence-corrected chi connectivity index (χ2v) is 3.88. The van der Waals surface area contributed by atoms with E-state index in [0.717, 1.165) is 19.6 Å². The summed E-state index contributed by atoms with van der Waals surface area (Å²) in [6.07, 6.45) is 0. The van der Waals surface area contributed by atoms with Gasteiger partial charge >= 0.3 is 0 Å². The predicted molar refractivity (Wildman–Crippen MR) is 55.6 cm³/mol. The van der Waals surface area contributed by atoms with E-state index in [4.69, 9.17) is 10.8 Å². The number of hydrogen-bond acceptors (Lipinski definition) is 3. The summed E-state index contributed by atoms with van der Waals surface area (Å²) in [7, 11) is 0. The van der Waals surface area contributed by atoms with Crippen molar-refractivity contribution < 1.29 is 5.11 Å². The smallest absolute Gasteiger partial charge is 0.0595 e. The van der Waals surface area contributed by atoms with Gasteiger partial charge in [-0.15, -0.1) is 0 Å². The highest BCUT2D eigenvalue weighted by Gasteiger charge is 2.19. The zero-order valence-electron chi connectivity index (χ0n) is 8.19. The molecule has 0 spiro atoms. The van der Waals surface area contributed by atoms with Crippen molar-refractivity contribution in [3.63, 3.8) is 0 Å². The van der Waals surface area contributed by atoms with Crippen LogP contribution in [0.25, 0.3) is 0 Å². The molecule has 14 heavy (non-hydrogen) atoms. The number of aliphatic hydroxyl groups is 1. The Bertz CT molecular complexity index is 289. The van der Waals surface area contributed by atoms with E-state index in [9.17, 15) is 0 Å². The molecule has 0 aromatic heterocycles. The summed E-state index contributed by atoms with van der Waals surface area (Å²) >= 11 is 0. The van der Waals surface area contributed by atoms with Gasteiger partial charge < -0.3 is 10.8 Å². The Labute approximate surface area is 84.1 Å². The Morgan fingerprint density at radius 2 is 1.86 bits per heavy atom. The van der Waals surface area contributed by atoms with Gasteiger partial charge in [-0.2, -0.15) is 0 Å². The van der Waals surface area contributed by atoms with Gasteiger partial charge in [0.05, 0.1) is 6.61 Å². The second-order valence-electron chi connectivity index (χ2n) is 3.88. The minimum absolute atomic E-state index is 0.0623. The highest BCUT2D eigenvalue weighted by molar-refractivity contribution is 5.30. The average molecular weight is 192 g/mol. The Kier molecular flexibility index (Phi) is 2.82. The molecule has 1 unspecified atom stereocenters. The number of rotatable bonds is 3. The fraction of sp³-hybridized carbons (Fsp3) is 0.455. The van der Waals surface area contributed by atoms with Gasteiger partial charge in [0.2, 0.25) is 0 Å². The molecule has 0 fully saturated rings. The first-order chi connectivity index (χ1) is 6.79. The van der Waals surface area contributed by atoms with Crippen LogP contribution in [0.4, 0.5) is 0 Å². The molecule has 2 rings (SSSR count). The highest BCUT2D eigenvalue weighted by Crippen LogP contribution is 2.21. The molecule has 0 bridgehead atoms.